The van der Waals surface area contributed by atoms with E-state index in [1.807, 2.05) is 0 Å². The van der Waals surface area contributed by atoms with E-state index in [9.17, 15) is 14.9 Å². The topological polar surface area (TPSA) is 66.7 Å². The van der Waals surface area contributed by atoms with E-state index in [-0.39, 0.29) is 11.3 Å². The summed E-state index contributed by atoms with van der Waals surface area (Å²) >= 11 is 0. The summed E-state index contributed by atoms with van der Waals surface area (Å²) in [6, 6.07) is 4.79. The van der Waals surface area contributed by atoms with Gasteiger partial charge in [-0.15, -0.1) is 0 Å². The van der Waals surface area contributed by atoms with Crippen molar-refractivity contribution in [3.63, 3.8) is 0 Å². The molecule has 0 amide bonds. The fourth-order valence-corrected chi connectivity index (χ4v) is 2.31. The van der Waals surface area contributed by atoms with Crippen LogP contribution in [-0.2, 0) is 0 Å². The number of benzene rings is 1. The number of anilines is 1. The van der Waals surface area contributed by atoms with Crippen molar-refractivity contribution < 1.29 is 9.72 Å². The highest BCUT2D eigenvalue weighted by Crippen LogP contribution is 2.25. The molecule has 6 nitrogen and oxygen atoms in total. The summed E-state index contributed by atoms with van der Waals surface area (Å²) in [5, 5.41) is 10.9. The van der Waals surface area contributed by atoms with E-state index in [1.54, 1.807) is 6.07 Å². The molecule has 1 aliphatic rings. The average molecular weight is 263 g/mol. The molecule has 6 heteroatoms. The second kappa shape index (κ2) is 5.79. The summed E-state index contributed by atoms with van der Waals surface area (Å²) in [7, 11) is 0. The molecule has 0 N–H and O–H groups in total. The van der Waals surface area contributed by atoms with Crippen LogP contribution in [0.15, 0.2) is 18.2 Å². The summed E-state index contributed by atoms with van der Waals surface area (Å²) in [6.07, 6.45) is 0.525. The van der Waals surface area contributed by atoms with E-state index >= 15 is 0 Å². The highest BCUT2D eigenvalue weighted by molar-refractivity contribution is 5.83. The zero-order valence-electron chi connectivity index (χ0n) is 10.9. The van der Waals surface area contributed by atoms with Crippen LogP contribution in [0.5, 0.6) is 0 Å². The van der Waals surface area contributed by atoms with Crippen LogP contribution in [0, 0.1) is 10.1 Å². The average Bonchev–Trinajstić information content (AvgIpc) is 2.46. The monoisotopic (exact) mass is 263 g/mol. The lowest BCUT2D eigenvalue weighted by Gasteiger charge is -2.35. The summed E-state index contributed by atoms with van der Waals surface area (Å²) < 4.78 is 0. The Morgan fingerprint density at radius 3 is 2.53 bits per heavy atom. The molecule has 1 aromatic rings. The molecule has 19 heavy (non-hydrogen) atoms. The van der Waals surface area contributed by atoms with Gasteiger partial charge in [-0.25, -0.2) is 0 Å². The highest BCUT2D eigenvalue weighted by Gasteiger charge is 2.20. The number of carbonyl (C=O) groups excluding carboxylic acids is 1. The lowest BCUT2D eigenvalue weighted by atomic mass is 10.1. The molecule has 0 atom stereocenters. The van der Waals surface area contributed by atoms with Crippen LogP contribution >= 0.6 is 0 Å². The number of nitro benzene ring substituents is 1. The Morgan fingerprint density at radius 1 is 1.32 bits per heavy atom. The predicted molar refractivity (Wildman–Crippen MR) is 72.8 cm³/mol. The Morgan fingerprint density at radius 2 is 2.00 bits per heavy atom. The third-order valence-corrected chi connectivity index (χ3v) is 3.52. The molecule has 102 valence electrons. The third kappa shape index (κ3) is 2.90. The van der Waals surface area contributed by atoms with Gasteiger partial charge in [0.25, 0.3) is 5.69 Å². The molecule has 2 rings (SSSR count). The molecule has 1 heterocycles. The van der Waals surface area contributed by atoms with Gasteiger partial charge in [0.05, 0.1) is 10.5 Å². The number of hydrogen-bond acceptors (Lipinski definition) is 5. The first-order valence-corrected chi connectivity index (χ1v) is 6.36. The number of aldehydes is 1. The number of likely N-dealkylation sites (N-methyl/N-ethyl adjacent to an activating group) is 1. The molecule has 0 unspecified atom stereocenters. The number of piperazine rings is 1. The molecule has 1 saturated heterocycles. The fraction of sp³-hybridized carbons (Fsp3) is 0.462. The molecule has 0 bridgehead atoms. The summed E-state index contributed by atoms with van der Waals surface area (Å²) in [5.41, 5.74) is 0.819. The summed E-state index contributed by atoms with van der Waals surface area (Å²) in [6.45, 7) is 6.77. The molecule has 0 spiro atoms. The maximum absolute atomic E-state index is 10.9. The minimum Gasteiger partial charge on any atom is -0.369 e. The SMILES string of the molecule is CCN1CCN(c2ccc(C=O)c([N+](=O)[O-])c2)CC1. The van der Waals surface area contributed by atoms with Crippen molar-refractivity contribution >= 4 is 17.7 Å². The second-order valence-electron chi connectivity index (χ2n) is 4.54. The molecule has 0 radical (unpaired) electrons. The predicted octanol–water partition coefficient (Wildman–Crippen LogP) is 1.55. The number of hydrogen-bond donors (Lipinski definition) is 0. The smallest absolute Gasteiger partial charge is 0.281 e. The minimum atomic E-state index is -0.504. The first-order valence-electron chi connectivity index (χ1n) is 6.36. The summed E-state index contributed by atoms with van der Waals surface area (Å²) in [5.74, 6) is 0. The minimum absolute atomic E-state index is 0.120. The van der Waals surface area contributed by atoms with Crippen LogP contribution in [0.25, 0.3) is 0 Å². The second-order valence-corrected chi connectivity index (χ2v) is 4.54. The van der Waals surface area contributed by atoms with E-state index < -0.39 is 4.92 Å². The van der Waals surface area contributed by atoms with E-state index in [1.165, 1.54) is 12.1 Å². The number of nitrogens with zero attached hydrogens (tertiary/aromatic N) is 3. The maximum atomic E-state index is 10.9. The van der Waals surface area contributed by atoms with E-state index in [2.05, 4.69) is 16.7 Å². The standard InChI is InChI=1S/C13H17N3O3/c1-2-14-5-7-15(8-6-14)12-4-3-11(10-17)13(9-12)16(18)19/h3-4,9-10H,2,5-8H2,1H3. The van der Waals surface area contributed by atoms with Crippen molar-refractivity contribution in [2.24, 2.45) is 0 Å². The van der Waals surface area contributed by atoms with Crippen LogP contribution < -0.4 is 4.90 Å². The number of carbonyl (C=O) groups is 1. The van der Waals surface area contributed by atoms with Crippen molar-refractivity contribution in [3.05, 3.63) is 33.9 Å². The first-order chi connectivity index (χ1) is 9.15. The van der Waals surface area contributed by atoms with Gasteiger partial charge in [0.2, 0.25) is 0 Å². The molecule has 1 aromatic carbocycles. The number of nitro groups is 1. The van der Waals surface area contributed by atoms with E-state index in [0.717, 1.165) is 38.4 Å². The molecule has 0 aliphatic carbocycles. The lowest BCUT2D eigenvalue weighted by Crippen LogP contribution is -2.46. The Labute approximate surface area is 111 Å². The van der Waals surface area contributed by atoms with Crippen molar-refractivity contribution in [3.8, 4) is 0 Å². The molecule has 1 fully saturated rings. The van der Waals surface area contributed by atoms with Gasteiger partial charge in [-0.2, -0.15) is 0 Å². The normalized spacial score (nSPS) is 16.4. The zero-order valence-corrected chi connectivity index (χ0v) is 10.9. The molecule has 0 aromatic heterocycles. The van der Waals surface area contributed by atoms with Gasteiger partial charge in [-0.3, -0.25) is 14.9 Å². The van der Waals surface area contributed by atoms with Crippen LogP contribution in [0.2, 0.25) is 0 Å². The van der Waals surface area contributed by atoms with Gasteiger partial charge < -0.3 is 9.80 Å². The van der Waals surface area contributed by atoms with Crippen molar-refractivity contribution in [1.29, 1.82) is 0 Å². The molecular formula is C13H17N3O3. The Hall–Kier alpha value is -1.95. The van der Waals surface area contributed by atoms with Gasteiger partial charge >= 0.3 is 0 Å². The number of rotatable bonds is 4. The third-order valence-electron chi connectivity index (χ3n) is 3.52. The maximum Gasteiger partial charge on any atom is 0.281 e. The fourth-order valence-electron chi connectivity index (χ4n) is 2.31. The van der Waals surface area contributed by atoms with Gasteiger partial charge in [0, 0.05) is 37.9 Å². The van der Waals surface area contributed by atoms with Crippen molar-refractivity contribution in [2.75, 3.05) is 37.6 Å². The van der Waals surface area contributed by atoms with Crippen LogP contribution in [0.4, 0.5) is 11.4 Å². The molecule has 1 aliphatic heterocycles. The van der Waals surface area contributed by atoms with Crippen molar-refractivity contribution in [1.82, 2.24) is 4.90 Å². The largest absolute Gasteiger partial charge is 0.369 e. The van der Waals surface area contributed by atoms with Gasteiger partial charge in [-0.1, -0.05) is 6.92 Å². The van der Waals surface area contributed by atoms with E-state index in [4.69, 9.17) is 0 Å². The first kappa shape index (κ1) is 13.5. The Kier molecular flexibility index (Phi) is 4.11. The highest BCUT2D eigenvalue weighted by atomic mass is 16.6. The van der Waals surface area contributed by atoms with Crippen LogP contribution in [-0.4, -0.2) is 48.8 Å². The lowest BCUT2D eigenvalue weighted by molar-refractivity contribution is -0.385. The van der Waals surface area contributed by atoms with Crippen molar-refractivity contribution in [2.45, 2.75) is 6.92 Å². The Bertz CT molecular complexity index is 482. The zero-order chi connectivity index (χ0) is 13.8. The molecule has 0 saturated carbocycles. The van der Waals surface area contributed by atoms with Crippen LogP contribution in [0.1, 0.15) is 17.3 Å². The Balaban J connectivity index is 2.19. The van der Waals surface area contributed by atoms with Gasteiger partial charge in [0.1, 0.15) is 0 Å². The molecular weight excluding hydrogens is 246 g/mol. The quantitative estimate of drug-likeness (QED) is 0.468. The van der Waals surface area contributed by atoms with Gasteiger partial charge in [-0.05, 0) is 18.7 Å². The van der Waals surface area contributed by atoms with Gasteiger partial charge in [0.15, 0.2) is 6.29 Å². The summed E-state index contributed by atoms with van der Waals surface area (Å²) in [4.78, 5) is 25.7. The van der Waals surface area contributed by atoms with E-state index in [0.29, 0.717) is 6.29 Å². The van der Waals surface area contributed by atoms with Crippen LogP contribution in [0.3, 0.4) is 0 Å².